The molecule has 1 nitrogen and oxygen atoms in total. The van der Waals surface area contributed by atoms with Crippen molar-refractivity contribution in [1.29, 1.82) is 0 Å². The number of halogens is 3. The Hall–Kier alpha value is -1.97. The van der Waals surface area contributed by atoms with Gasteiger partial charge in [-0.1, -0.05) is 18.2 Å². The fourth-order valence-electron chi connectivity index (χ4n) is 3.83. The van der Waals surface area contributed by atoms with Crippen molar-refractivity contribution in [3.8, 4) is 5.75 Å². The third-order valence-electron chi connectivity index (χ3n) is 5.35. The van der Waals surface area contributed by atoms with Crippen LogP contribution in [0.1, 0.15) is 49.1 Å². The second-order valence-corrected chi connectivity index (χ2v) is 6.86. The molecule has 0 unspecified atom stereocenters. The highest BCUT2D eigenvalue weighted by atomic mass is 19.2. The van der Waals surface area contributed by atoms with Crippen molar-refractivity contribution in [3.63, 3.8) is 0 Å². The first-order chi connectivity index (χ1) is 12.1. The Morgan fingerprint density at radius 1 is 0.960 bits per heavy atom. The largest absolute Gasteiger partial charge is 0.497 e. The Kier molecular flexibility index (Phi) is 5.67. The molecule has 1 saturated carbocycles. The maximum absolute atomic E-state index is 14.2. The van der Waals surface area contributed by atoms with Gasteiger partial charge in [-0.2, -0.15) is 0 Å². The van der Waals surface area contributed by atoms with E-state index in [9.17, 15) is 13.2 Å². The van der Waals surface area contributed by atoms with Crippen LogP contribution in [0.15, 0.2) is 36.4 Å². The lowest BCUT2D eigenvalue weighted by Crippen LogP contribution is -2.15. The summed E-state index contributed by atoms with van der Waals surface area (Å²) in [6, 6.07) is 9.41. The van der Waals surface area contributed by atoms with Gasteiger partial charge in [-0.3, -0.25) is 0 Å². The van der Waals surface area contributed by atoms with E-state index in [-0.39, 0.29) is 11.7 Å². The molecule has 1 aliphatic rings. The summed E-state index contributed by atoms with van der Waals surface area (Å²) in [5, 5.41) is 0. The summed E-state index contributed by atoms with van der Waals surface area (Å²) in [5.41, 5.74) is 1.21. The van der Waals surface area contributed by atoms with Gasteiger partial charge in [-0.25, -0.2) is 13.2 Å². The van der Waals surface area contributed by atoms with Gasteiger partial charge in [0.1, 0.15) is 11.6 Å². The van der Waals surface area contributed by atoms with Gasteiger partial charge in [0.2, 0.25) is 0 Å². The van der Waals surface area contributed by atoms with E-state index in [1.165, 1.54) is 13.2 Å². The number of hydrogen-bond donors (Lipinski definition) is 0. The van der Waals surface area contributed by atoms with Crippen LogP contribution >= 0.6 is 0 Å². The third-order valence-corrected chi connectivity index (χ3v) is 5.35. The van der Waals surface area contributed by atoms with Crippen LogP contribution in [0.4, 0.5) is 13.2 Å². The molecular weight excluding hydrogens is 325 g/mol. The lowest BCUT2D eigenvalue weighted by molar-refractivity contribution is 0.305. The molecule has 0 heterocycles. The number of methoxy groups -OCH3 is 1. The van der Waals surface area contributed by atoms with Crippen LogP contribution in [-0.4, -0.2) is 7.11 Å². The summed E-state index contributed by atoms with van der Waals surface area (Å²) >= 11 is 0. The van der Waals surface area contributed by atoms with Crippen molar-refractivity contribution in [3.05, 3.63) is 65.0 Å². The smallest absolute Gasteiger partial charge is 0.162 e. The van der Waals surface area contributed by atoms with Gasteiger partial charge in [0.25, 0.3) is 0 Å². The minimum Gasteiger partial charge on any atom is -0.497 e. The predicted molar refractivity (Wildman–Crippen MR) is 92.3 cm³/mol. The fourth-order valence-corrected chi connectivity index (χ4v) is 3.83. The van der Waals surface area contributed by atoms with E-state index in [4.69, 9.17) is 4.74 Å². The van der Waals surface area contributed by atoms with Gasteiger partial charge in [0, 0.05) is 6.07 Å². The molecule has 0 radical (unpaired) electrons. The van der Waals surface area contributed by atoms with E-state index in [1.54, 1.807) is 18.2 Å². The molecule has 2 aromatic rings. The van der Waals surface area contributed by atoms with Gasteiger partial charge < -0.3 is 4.74 Å². The van der Waals surface area contributed by atoms with Gasteiger partial charge in [0.15, 0.2) is 11.6 Å². The van der Waals surface area contributed by atoms with Crippen LogP contribution in [-0.2, 0) is 6.42 Å². The van der Waals surface area contributed by atoms with Crippen LogP contribution < -0.4 is 4.74 Å². The normalized spacial score (nSPS) is 20.5. The molecule has 0 saturated heterocycles. The van der Waals surface area contributed by atoms with Crippen molar-refractivity contribution in [2.45, 2.75) is 44.4 Å². The first kappa shape index (κ1) is 17.8. The van der Waals surface area contributed by atoms with Crippen molar-refractivity contribution in [1.82, 2.24) is 0 Å². The lowest BCUT2D eigenvalue weighted by Gasteiger charge is -2.29. The molecule has 0 atom stereocenters. The SMILES string of the molecule is COc1ccc(C2CCC(CCc3cccc(F)c3F)CC2)c(F)c1. The van der Waals surface area contributed by atoms with Crippen LogP contribution in [0.3, 0.4) is 0 Å². The Bertz CT molecular complexity index is 721. The zero-order chi connectivity index (χ0) is 17.8. The zero-order valence-electron chi connectivity index (χ0n) is 14.4. The fraction of sp³-hybridized carbons (Fsp3) is 0.429. The summed E-state index contributed by atoms with van der Waals surface area (Å²) in [5.74, 6) is -0.461. The van der Waals surface area contributed by atoms with E-state index in [1.807, 2.05) is 6.07 Å². The van der Waals surface area contributed by atoms with E-state index < -0.39 is 11.6 Å². The summed E-state index contributed by atoms with van der Waals surface area (Å²) < 4.78 is 46.2. The average molecular weight is 348 g/mol. The van der Waals surface area contributed by atoms with Gasteiger partial charge in [0.05, 0.1) is 7.11 Å². The summed E-state index contributed by atoms with van der Waals surface area (Å²) in [6.07, 6.45) is 5.24. The van der Waals surface area contributed by atoms with E-state index in [2.05, 4.69) is 0 Å². The maximum atomic E-state index is 14.2. The minimum atomic E-state index is -0.781. The maximum Gasteiger partial charge on any atom is 0.162 e. The van der Waals surface area contributed by atoms with Crippen LogP contribution in [0, 0.1) is 23.4 Å². The van der Waals surface area contributed by atoms with Gasteiger partial charge in [-0.15, -0.1) is 0 Å². The summed E-state index contributed by atoms with van der Waals surface area (Å²) in [7, 11) is 1.53. The molecule has 2 aromatic carbocycles. The number of aryl methyl sites for hydroxylation is 1. The topological polar surface area (TPSA) is 9.23 Å². The van der Waals surface area contributed by atoms with Crippen LogP contribution in [0.25, 0.3) is 0 Å². The molecule has 0 aliphatic heterocycles. The molecule has 0 aromatic heterocycles. The van der Waals surface area contributed by atoms with Crippen LogP contribution in [0.2, 0.25) is 0 Å². The molecule has 3 rings (SSSR count). The minimum absolute atomic E-state index is 0.204. The molecule has 0 bridgehead atoms. The summed E-state index contributed by atoms with van der Waals surface area (Å²) in [4.78, 5) is 0. The zero-order valence-corrected chi connectivity index (χ0v) is 14.4. The molecule has 1 aliphatic carbocycles. The van der Waals surface area contributed by atoms with Gasteiger partial charge >= 0.3 is 0 Å². The highest BCUT2D eigenvalue weighted by Crippen LogP contribution is 2.39. The van der Waals surface area contributed by atoms with Crippen LogP contribution in [0.5, 0.6) is 5.75 Å². The Balaban J connectivity index is 1.54. The van der Waals surface area contributed by atoms with Crippen molar-refractivity contribution in [2.24, 2.45) is 5.92 Å². The number of rotatable bonds is 5. The first-order valence-electron chi connectivity index (χ1n) is 8.84. The molecule has 0 N–H and O–H groups in total. The summed E-state index contributed by atoms with van der Waals surface area (Å²) in [6.45, 7) is 0. The van der Waals surface area contributed by atoms with Crippen molar-refractivity contribution < 1.29 is 17.9 Å². The molecule has 134 valence electrons. The molecule has 25 heavy (non-hydrogen) atoms. The Morgan fingerprint density at radius 3 is 2.40 bits per heavy atom. The highest BCUT2D eigenvalue weighted by Gasteiger charge is 2.24. The van der Waals surface area contributed by atoms with Crippen molar-refractivity contribution in [2.75, 3.05) is 7.11 Å². The standard InChI is InChI=1S/C21H23F3O/c1-25-17-11-12-18(20(23)13-17)15-8-5-14(6-9-15)7-10-16-3-2-4-19(22)21(16)24/h2-4,11-15H,5-10H2,1H3. The highest BCUT2D eigenvalue weighted by molar-refractivity contribution is 5.31. The molecule has 1 fully saturated rings. The number of hydrogen-bond acceptors (Lipinski definition) is 1. The monoisotopic (exact) mass is 348 g/mol. The molecule has 0 spiro atoms. The molecule has 4 heteroatoms. The van der Waals surface area contributed by atoms with E-state index >= 15 is 0 Å². The molecular formula is C21H23F3O. The Morgan fingerprint density at radius 2 is 1.72 bits per heavy atom. The number of ether oxygens (including phenoxy) is 1. The predicted octanol–water partition coefficient (Wildman–Crippen LogP) is 6.02. The molecule has 0 amide bonds. The second-order valence-electron chi connectivity index (χ2n) is 6.86. The average Bonchev–Trinajstić information content (AvgIpc) is 2.63. The van der Waals surface area contributed by atoms with E-state index in [0.717, 1.165) is 43.7 Å². The quantitative estimate of drug-likeness (QED) is 0.642. The third kappa shape index (κ3) is 4.17. The first-order valence-corrected chi connectivity index (χ1v) is 8.84. The van der Waals surface area contributed by atoms with Gasteiger partial charge in [-0.05, 0) is 73.6 Å². The Labute approximate surface area is 146 Å². The number of benzene rings is 2. The van der Waals surface area contributed by atoms with Crippen molar-refractivity contribution >= 4 is 0 Å². The van der Waals surface area contributed by atoms with E-state index in [0.29, 0.717) is 23.7 Å². The lowest BCUT2D eigenvalue weighted by atomic mass is 9.76. The second kappa shape index (κ2) is 7.94.